The summed E-state index contributed by atoms with van der Waals surface area (Å²) in [5.74, 6) is -0.985. The van der Waals surface area contributed by atoms with Crippen molar-refractivity contribution >= 4 is 11.8 Å². The van der Waals surface area contributed by atoms with Crippen LogP contribution in [0.5, 0.6) is 0 Å². The Labute approximate surface area is 105 Å². The van der Waals surface area contributed by atoms with Gasteiger partial charge in [0.25, 0.3) is 0 Å². The van der Waals surface area contributed by atoms with E-state index >= 15 is 0 Å². The lowest BCUT2D eigenvalue weighted by Gasteiger charge is -2.13. The highest BCUT2D eigenvalue weighted by Gasteiger charge is 2.12. The van der Waals surface area contributed by atoms with Crippen LogP contribution in [0.15, 0.2) is 24.3 Å². The van der Waals surface area contributed by atoms with Crippen LogP contribution < -0.4 is 5.73 Å². The zero-order chi connectivity index (χ0) is 13.5. The van der Waals surface area contributed by atoms with Gasteiger partial charge in [0.2, 0.25) is 0 Å². The summed E-state index contributed by atoms with van der Waals surface area (Å²) in [5, 5.41) is 0. The Morgan fingerprint density at radius 2 is 1.89 bits per heavy atom. The fraction of sp³-hybridized carbons (Fsp3) is 0.385. The number of nitrogens with two attached hydrogens (primary N) is 1. The highest BCUT2D eigenvalue weighted by molar-refractivity contribution is 5.84. The van der Waals surface area contributed by atoms with E-state index < -0.39 is 12.1 Å². The molecule has 0 amide bonds. The highest BCUT2D eigenvalue weighted by atomic mass is 19.1. The molecule has 1 unspecified atom stereocenters. The van der Waals surface area contributed by atoms with E-state index in [4.69, 9.17) is 10.5 Å². The third kappa shape index (κ3) is 4.63. The van der Waals surface area contributed by atoms with Crippen LogP contribution in [0, 0.1) is 5.82 Å². The summed E-state index contributed by atoms with van der Waals surface area (Å²) < 4.78 is 17.8. The summed E-state index contributed by atoms with van der Waals surface area (Å²) in [6, 6.07) is 5.71. The van der Waals surface area contributed by atoms with Gasteiger partial charge in [0.15, 0.2) is 0 Å². The SMILES string of the molecule is CC(OC(=O)CCC(=O)CN)c1ccc(F)cc1. The average Bonchev–Trinajstić information content (AvgIpc) is 2.36. The van der Waals surface area contributed by atoms with Gasteiger partial charge in [-0.05, 0) is 24.6 Å². The molecule has 1 rings (SSSR count). The van der Waals surface area contributed by atoms with E-state index in [1.165, 1.54) is 12.1 Å². The molecule has 18 heavy (non-hydrogen) atoms. The number of esters is 1. The number of Topliss-reactive ketones (excluding diaryl/α,β-unsaturated/α-hetero) is 1. The number of hydrogen-bond donors (Lipinski definition) is 1. The van der Waals surface area contributed by atoms with Crippen LogP contribution in [0.1, 0.15) is 31.4 Å². The van der Waals surface area contributed by atoms with Crippen molar-refractivity contribution in [2.45, 2.75) is 25.9 Å². The molecule has 98 valence electrons. The van der Waals surface area contributed by atoms with E-state index in [1.807, 2.05) is 0 Å². The van der Waals surface area contributed by atoms with Crippen LogP contribution in [-0.2, 0) is 14.3 Å². The van der Waals surface area contributed by atoms with Gasteiger partial charge in [-0.3, -0.25) is 9.59 Å². The Bertz CT molecular complexity index is 417. The summed E-state index contributed by atoms with van der Waals surface area (Å²) in [7, 11) is 0. The molecule has 0 aromatic heterocycles. The summed E-state index contributed by atoms with van der Waals surface area (Å²) >= 11 is 0. The zero-order valence-corrected chi connectivity index (χ0v) is 10.2. The molecule has 2 N–H and O–H groups in total. The van der Waals surface area contributed by atoms with Crippen molar-refractivity contribution in [1.29, 1.82) is 0 Å². The Morgan fingerprint density at radius 1 is 1.28 bits per heavy atom. The second-order valence-corrected chi connectivity index (χ2v) is 3.93. The number of hydrogen-bond acceptors (Lipinski definition) is 4. The lowest BCUT2D eigenvalue weighted by Crippen LogP contribution is -2.16. The lowest BCUT2D eigenvalue weighted by molar-refractivity contribution is -0.149. The summed E-state index contributed by atoms with van der Waals surface area (Å²) in [6.07, 6.45) is -0.362. The molecule has 1 aromatic carbocycles. The number of halogens is 1. The normalized spacial score (nSPS) is 11.9. The van der Waals surface area contributed by atoms with Gasteiger partial charge in [-0.15, -0.1) is 0 Å². The Morgan fingerprint density at radius 3 is 2.44 bits per heavy atom. The number of ether oxygens (including phenoxy) is 1. The van der Waals surface area contributed by atoms with E-state index in [0.717, 1.165) is 0 Å². The minimum Gasteiger partial charge on any atom is -0.458 e. The van der Waals surface area contributed by atoms with E-state index in [1.54, 1.807) is 19.1 Å². The number of ketones is 1. The summed E-state index contributed by atoms with van der Waals surface area (Å²) in [5.41, 5.74) is 5.83. The van der Waals surface area contributed by atoms with Crippen molar-refractivity contribution in [1.82, 2.24) is 0 Å². The lowest BCUT2D eigenvalue weighted by atomic mass is 10.1. The van der Waals surface area contributed by atoms with Crippen molar-refractivity contribution < 1.29 is 18.7 Å². The van der Waals surface area contributed by atoms with Crippen LogP contribution in [-0.4, -0.2) is 18.3 Å². The van der Waals surface area contributed by atoms with E-state index in [9.17, 15) is 14.0 Å². The smallest absolute Gasteiger partial charge is 0.306 e. The monoisotopic (exact) mass is 253 g/mol. The zero-order valence-electron chi connectivity index (χ0n) is 10.2. The largest absolute Gasteiger partial charge is 0.458 e. The summed E-state index contributed by atoms with van der Waals surface area (Å²) in [6.45, 7) is 1.62. The summed E-state index contributed by atoms with van der Waals surface area (Å²) in [4.78, 5) is 22.4. The van der Waals surface area contributed by atoms with Gasteiger partial charge in [0.05, 0.1) is 13.0 Å². The molecule has 0 bridgehead atoms. The quantitative estimate of drug-likeness (QED) is 0.784. The Balaban J connectivity index is 2.44. The van der Waals surface area contributed by atoms with Crippen molar-refractivity contribution in [3.63, 3.8) is 0 Å². The van der Waals surface area contributed by atoms with Crippen LogP contribution in [0.2, 0.25) is 0 Å². The second kappa shape index (κ2) is 6.86. The number of rotatable bonds is 6. The molecular formula is C13H16FNO3. The standard InChI is InChI=1S/C13H16FNO3/c1-9(10-2-4-11(14)5-3-10)18-13(17)7-6-12(16)8-15/h2-5,9H,6-8,15H2,1H3. The Hall–Kier alpha value is -1.75. The van der Waals surface area contributed by atoms with Gasteiger partial charge < -0.3 is 10.5 Å². The number of benzene rings is 1. The van der Waals surface area contributed by atoms with Crippen molar-refractivity contribution in [2.75, 3.05) is 6.54 Å². The first kappa shape index (κ1) is 14.3. The maximum atomic E-state index is 12.7. The second-order valence-electron chi connectivity index (χ2n) is 3.93. The van der Waals surface area contributed by atoms with Gasteiger partial charge in [0.1, 0.15) is 17.7 Å². The number of carbonyl (C=O) groups excluding carboxylic acids is 2. The maximum Gasteiger partial charge on any atom is 0.306 e. The molecule has 0 fully saturated rings. The molecule has 4 nitrogen and oxygen atoms in total. The third-order valence-corrected chi connectivity index (χ3v) is 2.48. The molecule has 0 aliphatic carbocycles. The molecule has 0 saturated carbocycles. The first-order chi connectivity index (χ1) is 8.52. The fourth-order valence-electron chi connectivity index (χ4n) is 1.40. The van der Waals surface area contributed by atoms with E-state index in [2.05, 4.69) is 0 Å². The first-order valence-electron chi connectivity index (χ1n) is 5.69. The molecule has 5 heteroatoms. The predicted molar refractivity (Wildman–Crippen MR) is 64.2 cm³/mol. The third-order valence-electron chi connectivity index (χ3n) is 2.48. The molecule has 1 aromatic rings. The molecule has 0 radical (unpaired) electrons. The fourth-order valence-corrected chi connectivity index (χ4v) is 1.40. The predicted octanol–water partition coefficient (Wildman–Crippen LogP) is 1.74. The van der Waals surface area contributed by atoms with E-state index in [0.29, 0.717) is 5.56 Å². The van der Waals surface area contributed by atoms with Gasteiger partial charge in [-0.2, -0.15) is 0 Å². The topological polar surface area (TPSA) is 69.4 Å². The molecule has 1 atom stereocenters. The minimum atomic E-state index is -0.467. The van der Waals surface area contributed by atoms with Crippen molar-refractivity contribution in [3.05, 3.63) is 35.6 Å². The molecule has 0 saturated heterocycles. The van der Waals surface area contributed by atoms with E-state index in [-0.39, 0.29) is 31.0 Å². The molecule has 0 spiro atoms. The molecule has 0 heterocycles. The molecule has 0 aliphatic rings. The van der Waals surface area contributed by atoms with Gasteiger partial charge in [-0.25, -0.2) is 4.39 Å². The van der Waals surface area contributed by atoms with Gasteiger partial charge in [-0.1, -0.05) is 12.1 Å². The van der Waals surface area contributed by atoms with Crippen molar-refractivity contribution in [2.24, 2.45) is 5.73 Å². The van der Waals surface area contributed by atoms with Crippen LogP contribution >= 0.6 is 0 Å². The van der Waals surface area contributed by atoms with Gasteiger partial charge >= 0.3 is 5.97 Å². The Kier molecular flexibility index (Phi) is 5.45. The minimum absolute atomic E-state index is 0.0154. The van der Waals surface area contributed by atoms with Crippen LogP contribution in [0.3, 0.4) is 0 Å². The van der Waals surface area contributed by atoms with Crippen molar-refractivity contribution in [3.8, 4) is 0 Å². The van der Waals surface area contributed by atoms with Crippen LogP contribution in [0.25, 0.3) is 0 Å². The number of carbonyl (C=O) groups is 2. The van der Waals surface area contributed by atoms with Crippen LogP contribution in [0.4, 0.5) is 4.39 Å². The molecule has 0 aliphatic heterocycles. The first-order valence-corrected chi connectivity index (χ1v) is 5.69. The van der Waals surface area contributed by atoms with Gasteiger partial charge in [0, 0.05) is 6.42 Å². The highest BCUT2D eigenvalue weighted by Crippen LogP contribution is 2.17. The molecular weight excluding hydrogens is 237 g/mol. The average molecular weight is 253 g/mol. The maximum absolute atomic E-state index is 12.7.